The minimum Gasteiger partial charge on any atom is -0.364 e. The molecule has 1 saturated heterocycles. The standard InChI is InChI=1S/C12H21N5O2/c1-9-11(17(18)19)12(16(3)14-9)13-7-10-5-4-6-15(2)8-10/h10,13H,4-8H2,1-3H3. The monoisotopic (exact) mass is 267 g/mol. The Hall–Kier alpha value is -1.63. The SMILES string of the molecule is Cc1nn(C)c(NCC2CCCN(C)C2)c1[N+](=O)[O-]. The Morgan fingerprint density at radius 2 is 2.26 bits per heavy atom. The topological polar surface area (TPSA) is 76.2 Å². The number of nitrogens with zero attached hydrogens (tertiary/aromatic N) is 4. The summed E-state index contributed by atoms with van der Waals surface area (Å²) in [5, 5.41) is 18.4. The number of hydrogen-bond acceptors (Lipinski definition) is 5. The molecule has 1 fully saturated rings. The second-order valence-corrected chi connectivity index (χ2v) is 5.31. The summed E-state index contributed by atoms with van der Waals surface area (Å²) in [6.07, 6.45) is 2.36. The number of likely N-dealkylation sites (tertiary alicyclic amines) is 1. The zero-order chi connectivity index (χ0) is 14.0. The van der Waals surface area contributed by atoms with Crippen LogP contribution in [0.1, 0.15) is 18.5 Å². The van der Waals surface area contributed by atoms with Crippen molar-refractivity contribution >= 4 is 11.5 Å². The smallest absolute Gasteiger partial charge is 0.333 e. The van der Waals surface area contributed by atoms with E-state index in [1.807, 2.05) is 0 Å². The third-order valence-corrected chi connectivity index (χ3v) is 3.65. The van der Waals surface area contributed by atoms with Crippen LogP contribution < -0.4 is 5.32 Å². The van der Waals surface area contributed by atoms with Crippen LogP contribution in [-0.4, -0.2) is 46.3 Å². The summed E-state index contributed by atoms with van der Waals surface area (Å²) >= 11 is 0. The van der Waals surface area contributed by atoms with Gasteiger partial charge < -0.3 is 10.2 Å². The fraction of sp³-hybridized carbons (Fsp3) is 0.750. The summed E-state index contributed by atoms with van der Waals surface area (Å²) in [7, 11) is 3.85. The number of nitrogens with one attached hydrogen (secondary N) is 1. The van der Waals surface area contributed by atoms with Crippen molar-refractivity contribution in [3.63, 3.8) is 0 Å². The van der Waals surface area contributed by atoms with E-state index in [4.69, 9.17) is 0 Å². The molecule has 0 saturated carbocycles. The normalized spacial score (nSPS) is 20.5. The number of piperidine rings is 1. The molecule has 1 aromatic heterocycles. The first kappa shape index (κ1) is 13.8. The van der Waals surface area contributed by atoms with Gasteiger partial charge in [-0.05, 0) is 39.3 Å². The molecule has 7 heteroatoms. The molecule has 1 atom stereocenters. The van der Waals surface area contributed by atoms with Gasteiger partial charge >= 0.3 is 5.69 Å². The number of aryl methyl sites for hydroxylation is 2. The van der Waals surface area contributed by atoms with Crippen LogP contribution in [0.25, 0.3) is 0 Å². The molecule has 1 unspecified atom stereocenters. The van der Waals surface area contributed by atoms with Crippen LogP contribution in [0.2, 0.25) is 0 Å². The Kier molecular flexibility index (Phi) is 4.04. The van der Waals surface area contributed by atoms with Gasteiger partial charge in [-0.15, -0.1) is 0 Å². The van der Waals surface area contributed by atoms with E-state index < -0.39 is 0 Å². The van der Waals surface area contributed by atoms with E-state index in [1.165, 1.54) is 12.8 Å². The highest BCUT2D eigenvalue weighted by molar-refractivity contribution is 5.59. The van der Waals surface area contributed by atoms with Gasteiger partial charge in [0.15, 0.2) is 0 Å². The van der Waals surface area contributed by atoms with Crippen molar-refractivity contribution in [2.75, 3.05) is 32.0 Å². The first-order valence-electron chi connectivity index (χ1n) is 6.59. The quantitative estimate of drug-likeness (QED) is 0.659. The molecular formula is C12H21N5O2. The third-order valence-electron chi connectivity index (χ3n) is 3.65. The van der Waals surface area contributed by atoms with Gasteiger partial charge in [0.25, 0.3) is 0 Å². The lowest BCUT2D eigenvalue weighted by Crippen LogP contribution is -2.35. The average molecular weight is 267 g/mol. The second-order valence-electron chi connectivity index (χ2n) is 5.31. The number of aromatic nitrogens is 2. The molecule has 7 nitrogen and oxygen atoms in total. The first-order valence-corrected chi connectivity index (χ1v) is 6.59. The minimum atomic E-state index is -0.363. The zero-order valence-electron chi connectivity index (χ0n) is 11.7. The molecule has 1 N–H and O–H groups in total. The van der Waals surface area contributed by atoms with Crippen LogP contribution >= 0.6 is 0 Å². The molecule has 0 bridgehead atoms. The van der Waals surface area contributed by atoms with E-state index in [2.05, 4.69) is 22.4 Å². The summed E-state index contributed by atoms with van der Waals surface area (Å²) in [6, 6.07) is 0. The van der Waals surface area contributed by atoms with Crippen LogP contribution in [0.4, 0.5) is 11.5 Å². The Morgan fingerprint density at radius 3 is 2.89 bits per heavy atom. The van der Waals surface area contributed by atoms with Crippen molar-refractivity contribution in [1.29, 1.82) is 0 Å². The number of nitro groups is 1. The van der Waals surface area contributed by atoms with Crippen molar-refractivity contribution in [2.24, 2.45) is 13.0 Å². The van der Waals surface area contributed by atoms with Gasteiger partial charge in [-0.1, -0.05) is 0 Å². The largest absolute Gasteiger partial charge is 0.364 e. The van der Waals surface area contributed by atoms with Crippen LogP contribution in [-0.2, 0) is 7.05 Å². The number of anilines is 1. The van der Waals surface area contributed by atoms with Gasteiger partial charge in [0.2, 0.25) is 5.82 Å². The maximum atomic E-state index is 11.1. The van der Waals surface area contributed by atoms with E-state index >= 15 is 0 Å². The summed E-state index contributed by atoms with van der Waals surface area (Å²) in [5.41, 5.74) is 0.544. The second kappa shape index (κ2) is 5.56. The molecule has 0 radical (unpaired) electrons. The maximum absolute atomic E-state index is 11.1. The van der Waals surface area contributed by atoms with Crippen molar-refractivity contribution in [1.82, 2.24) is 14.7 Å². The lowest BCUT2D eigenvalue weighted by molar-refractivity contribution is -0.384. The van der Waals surface area contributed by atoms with Gasteiger partial charge in [-0.2, -0.15) is 5.10 Å². The number of hydrogen-bond donors (Lipinski definition) is 1. The van der Waals surface area contributed by atoms with Gasteiger partial charge in [0.05, 0.1) is 4.92 Å². The van der Waals surface area contributed by atoms with E-state index in [1.54, 1.807) is 18.7 Å². The highest BCUT2D eigenvalue weighted by Crippen LogP contribution is 2.28. The van der Waals surface area contributed by atoms with Gasteiger partial charge in [0, 0.05) is 20.1 Å². The molecule has 0 aliphatic carbocycles. The summed E-state index contributed by atoms with van der Waals surface area (Å²) in [6.45, 7) is 4.60. The Morgan fingerprint density at radius 1 is 1.53 bits per heavy atom. The van der Waals surface area contributed by atoms with Gasteiger partial charge in [0.1, 0.15) is 5.69 Å². The molecule has 0 amide bonds. The predicted octanol–water partition coefficient (Wildman–Crippen LogP) is 1.39. The Balaban J connectivity index is 2.05. The van der Waals surface area contributed by atoms with Crippen LogP contribution in [0.3, 0.4) is 0 Å². The summed E-state index contributed by atoms with van der Waals surface area (Å²) in [5.74, 6) is 1.05. The molecule has 2 rings (SSSR count). The Bertz CT molecular complexity index is 471. The fourth-order valence-electron chi connectivity index (χ4n) is 2.74. The molecule has 0 aromatic carbocycles. The highest BCUT2D eigenvalue weighted by atomic mass is 16.6. The zero-order valence-corrected chi connectivity index (χ0v) is 11.7. The van der Waals surface area contributed by atoms with E-state index in [0.717, 1.165) is 19.6 Å². The predicted molar refractivity (Wildman–Crippen MR) is 73.3 cm³/mol. The average Bonchev–Trinajstić information content (AvgIpc) is 2.61. The third kappa shape index (κ3) is 3.04. The Labute approximate surface area is 112 Å². The van der Waals surface area contributed by atoms with E-state index in [-0.39, 0.29) is 10.6 Å². The molecule has 1 aromatic rings. The lowest BCUT2D eigenvalue weighted by Gasteiger charge is -2.29. The van der Waals surface area contributed by atoms with Crippen LogP contribution in [0, 0.1) is 23.0 Å². The fourth-order valence-corrected chi connectivity index (χ4v) is 2.74. The van der Waals surface area contributed by atoms with Crippen molar-refractivity contribution in [3.8, 4) is 0 Å². The molecule has 1 aliphatic rings. The molecular weight excluding hydrogens is 246 g/mol. The summed E-state index contributed by atoms with van der Waals surface area (Å²) < 4.78 is 1.56. The first-order chi connectivity index (χ1) is 8.99. The summed E-state index contributed by atoms with van der Waals surface area (Å²) in [4.78, 5) is 13.0. The molecule has 19 heavy (non-hydrogen) atoms. The van der Waals surface area contributed by atoms with Crippen molar-refractivity contribution in [3.05, 3.63) is 15.8 Å². The highest BCUT2D eigenvalue weighted by Gasteiger charge is 2.25. The van der Waals surface area contributed by atoms with Crippen molar-refractivity contribution < 1.29 is 4.92 Å². The van der Waals surface area contributed by atoms with Crippen LogP contribution in [0.15, 0.2) is 0 Å². The lowest BCUT2D eigenvalue weighted by atomic mass is 9.98. The van der Waals surface area contributed by atoms with Crippen LogP contribution in [0.5, 0.6) is 0 Å². The maximum Gasteiger partial charge on any atom is 0.333 e. The van der Waals surface area contributed by atoms with E-state index in [0.29, 0.717) is 17.4 Å². The molecule has 106 valence electrons. The number of rotatable bonds is 4. The minimum absolute atomic E-state index is 0.0895. The molecule has 1 aliphatic heterocycles. The van der Waals surface area contributed by atoms with E-state index in [9.17, 15) is 10.1 Å². The van der Waals surface area contributed by atoms with Gasteiger partial charge in [-0.3, -0.25) is 10.1 Å². The van der Waals surface area contributed by atoms with Crippen molar-refractivity contribution in [2.45, 2.75) is 19.8 Å². The molecule has 0 spiro atoms. The van der Waals surface area contributed by atoms with Gasteiger partial charge in [-0.25, -0.2) is 4.68 Å². The molecule has 2 heterocycles.